The van der Waals surface area contributed by atoms with Crippen LogP contribution in [0.5, 0.6) is 11.5 Å². The molecule has 1 heterocycles. The minimum atomic E-state index is -0.582. The van der Waals surface area contributed by atoms with Gasteiger partial charge in [0.1, 0.15) is 5.78 Å². The van der Waals surface area contributed by atoms with Crippen LogP contribution >= 0.6 is 0 Å². The van der Waals surface area contributed by atoms with E-state index < -0.39 is 5.41 Å². The number of phenolic OH excluding ortho intramolecular Hbond substituents is 2. The van der Waals surface area contributed by atoms with Gasteiger partial charge in [0.15, 0.2) is 23.0 Å². The number of likely N-dealkylation sites (N-methyl/N-ethyl adjacent to an activating group) is 1. The number of allylic oxidation sites excluding steroid dienone is 1. The van der Waals surface area contributed by atoms with E-state index in [1.54, 1.807) is 6.92 Å². The summed E-state index contributed by atoms with van der Waals surface area (Å²) in [5.41, 5.74) is 0.931. The predicted octanol–water partition coefficient (Wildman–Crippen LogP) is 2.24. The first-order valence-electron chi connectivity index (χ1n) is 9.34. The summed E-state index contributed by atoms with van der Waals surface area (Å²) in [5, 5.41) is 21.0. The van der Waals surface area contributed by atoms with Crippen LogP contribution in [0.3, 0.4) is 0 Å². The number of likely N-dealkylation sites (tertiary alicyclic amines) is 1. The number of ketones is 2. The molecule has 0 saturated carbocycles. The first kappa shape index (κ1) is 18.0. The number of ether oxygens (including phenoxy) is 1. The van der Waals surface area contributed by atoms with Gasteiger partial charge in [0, 0.05) is 41.7 Å². The average molecular weight is 371 g/mol. The van der Waals surface area contributed by atoms with Crippen LogP contribution in [0.2, 0.25) is 0 Å². The third kappa shape index (κ3) is 2.42. The molecule has 0 spiro atoms. The Morgan fingerprint density at radius 2 is 2.11 bits per heavy atom. The summed E-state index contributed by atoms with van der Waals surface area (Å²) in [6.07, 6.45) is 3.16. The van der Waals surface area contributed by atoms with Crippen LogP contribution < -0.4 is 0 Å². The molecule has 1 aromatic carbocycles. The van der Waals surface area contributed by atoms with Gasteiger partial charge in [-0.3, -0.25) is 4.79 Å². The van der Waals surface area contributed by atoms with Crippen LogP contribution in [0.15, 0.2) is 24.0 Å². The topological polar surface area (TPSA) is 87.1 Å². The lowest BCUT2D eigenvalue weighted by molar-refractivity contribution is -0.124. The molecule has 6 heteroatoms. The van der Waals surface area contributed by atoms with E-state index in [0.29, 0.717) is 24.2 Å². The second-order valence-electron chi connectivity index (χ2n) is 8.15. The van der Waals surface area contributed by atoms with Crippen molar-refractivity contribution in [1.29, 1.82) is 0 Å². The summed E-state index contributed by atoms with van der Waals surface area (Å²) in [5.74, 6) is -0.196. The molecule has 0 aromatic heterocycles. The van der Waals surface area contributed by atoms with Gasteiger partial charge < -0.3 is 24.6 Å². The molecule has 3 aliphatic rings. The third-order valence-electron chi connectivity index (χ3n) is 6.73. The summed E-state index contributed by atoms with van der Waals surface area (Å²) in [6.45, 7) is 2.33. The van der Waals surface area contributed by atoms with Gasteiger partial charge in [0.2, 0.25) is 0 Å². The smallest absolute Gasteiger partial charge is 0.197 e. The molecular formula is C21H25NO5. The van der Waals surface area contributed by atoms with E-state index in [2.05, 4.69) is 4.90 Å². The van der Waals surface area contributed by atoms with Crippen molar-refractivity contribution < 1.29 is 24.5 Å². The number of aromatic hydroxyl groups is 2. The monoisotopic (exact) mass is 371 g/mol. The number of phenols is 2. The van der Waals surface area contributed by atoms with Crippen LogP contribution in [0.25, 0.3) is 0 Å². The summed E-state index contributed by atoms with van der Waals surface area (Å²) < 4.78 is 5.32. The molecule has 6 nitrogen and oxygen atoms in total. The Bertz CT molecular complexity index is 860. The van der Waals surface area contributed by atoms with Crippen molar-refractivity contribution in [3.63, 3.8) is 0 Å². The molecular weight excluding hydrogens is 346 g/mol. The van der Waals surface area contributed by atoms with E-state index in [1.165, 1.54) is 13.2 Å². The molecule has 27 heavy (non-hydrogen) atoms. The lowest BCUT2D eigenvalue weighted by Crippen LogP contribution is -2.61. The van der Waals surface area contributed by atoms with Crippen molar-refractivity contribution in [2.75, 3.05) is 20.7 Å². The number of nitrogens with zero attached hydrogens (tertiary/aromatic N) is 1. The lowest BCUT2D eigenvalue weighted by Gasteiger charge is -2.59. The lowest BCUT2D eigenvalue weighted by atomic mass is 9.50. The maximum atomic E-state index is 12.7. The first-order valence-corrected chi connectivity index (χ1v) is 9.34. The molecule has 1 unspecified atom stereocenters. The highest BCUT2D eigenvalue weighted by atomic mass is 16.5. The zero-order chi connectivity index (χ0) is 19.5. The van der Waals surface area contributed by atoms with Gasteiger partial charge in [-0.25, -0.2) is 0 Å². The van der Waals surface area contributed by atoms with Gasteiger partial charge in [-0.05, 0) is 44.6 Å². The van der Waals surface area contributed by atoms with E-state index in [9.17, 15) is 19.8 Å². The zero-order valence-electron chi connectivity index (χ0n) is 15.9. The fraction of sp³-hybridized carbons (Fsp3) is 0.524. The molecule has 0 amide bonds. The molecule has 4 atom stereocenters. The number of piperidine rings is 1. The maximum Gasteiger partial charge on any atom is 0.197 e. The number of benzene rings is 1. The minimum Gasteiger partial charge on any atom is -0.504 e. The van der Waals surface area contributed by atoms with Crippen molar-refractivity contribution in [1.82, 2.24) is 4.90 Å². The largest absolute Gasteiger partial charge is 0.504 e. The van der Waals surface area contributed by atoms with Gasteiger partial charge in [0.05, 0.1) is 7.11 Å². The van der Waals surface area contributed by atoms with Crippen LogP contribution in [0.1, 0.15) is 43.2 Å². The Labute approximate surface area is 158 Å². The number of rotatable bonds is 3. The van der Waals surface area contributed by atoms with E-state index >= 15 is 0 Å². The average Bonchev–Trinajstić information content (AvgIpc) is 2.61. The van der Waals surface area contributed by atoms with Crippen molar-refractivity contribution in [3.8, 4) is 11.5 Å². The first-order chi connectivity index (χ1) is 12.8. The Hall–Kier alpha value is -2.34. The number of hydrogen-bond donors (Lipinski definition) is 2. The van der Waals surface area contributed by atoms with Gasteiger partial charge in [-0.2, -0.15) is 0 Å². The van der Waals surface area contributed by atoms with Crippen LogP contribution in [0, 0.1) is 5.92 Å². The van der Waals surface area contributed by atoms with Crippen molar-refractivity contribution in [2.24, 2.45) is 5.92 Å². The van der Waals surface area contributed by atoms with E-state index in [0.717, 1.165) is 12.1 Å². The molecule has 1 aliphatic heterocycles. The number of fused-ring (bicyclic) bond motifs is 1. The summed E-state index contributed by atoms with van der Waals surface area (Å²) in [7, 11) is 3.54. The second kappa shape index (κ2) is 6.09. The summed E-state index contributed by atoms with van der Waals surface area (Å²) in [6, 6.07) is 3.31. The quantitative estimate of drug-likeness (QED) is 0.793. The Morgan fingerprint density at radius 3 is 2.78 bits per heavy atom. The number of carbonyl (C=O) groups is 2. The highest BCUT2D eigenvalue weighted by molar-refractivity contribution is 5.96. The number of methoxy groups -OCH3 is 1. The normalized spacial score (nSPS) is 32.3. The van der Waals surface area contributed by atoms with Gasteiger partial charge in [0.25, 0.3) is 0 Å². The van der Waals surface area contributed by atoms with E-state index in [-0.39, 0.29) is 47.4 Å². The fourth-order valence-corrected chi connectivity index (χ4v) is 5.66. The Kier molecular flexibility index (Phi) is 4.07. The highest BCUT2D eigenvalue weighted by Gasteiger charge is 2.59. The van der Waals surface area contributed by atoms with Crippen LogP contribution in [-0.4, -0.2) is 53.4 Å². The fourth-order valence-electron chi connectivity index (χ4n) is 5.66. The van der Waals surface area contributed by atoms with Crippen LogP contribution in [-0.2, 0) is 19.7 Å². The number of carbonyl (C=O) groups excluding carboxylic acids is 2. The summed E-state index contributed by atoms with van der Waals surface area (Å²) >= 11 is 0. The molecule has 0 radical (unpaired) electrons. The number of hydrogen-bond acceptors (Lipinski definition) is 6. The second-order valence-corrected chi connectivity index (χ2v) is 8.15. The standard InChI is InChI=1S/C21H25NO5/c1-11(23)8-13-12-4-5-15(24)20(26)18(12)21-6-7-22(2)19(13)14(21)9-17(27-3)16(25)10-21/h4-5,9,13-14,19,24,26H,6-8,10H2,1-3H3/t13-,14?,19+,21-/m1/s1. The van der Waals surface area contributed by atoms with Gasteiger partial charge in [-0.15, -0.1) is 0 Å². The molecule has 1 aromatic rings. The summed E-state index contributed by atoms with van der Waals surface area (Å²) in [4.78, 5) is 27.0. The van der Waals surface area contributed by atoms with Gasteiger partial charge >= 0.3 is 0 Å². The van der Waals surface area contributed by atoms with Crippen LogP contribution in [0.4, 0.5) is 0 Å². The molecule has 2 N–H and O–H groups in total. The van der Waals surface area contributed by atoms with E-state index in [1.807, 2.05) is 19.2 Å². The number of Topliss-reactive ketones (excluding diaryl/α,β-unsaturated/α-hetero) is 2. The maximum absolute atomic E-state index is 12.7. The SMILES string of the molecule is COC1=CC2[C@@H]3[C@H](CC(C)=O)c4ccc(O)c(O)c4[C@]2(CCN3C)CC1=O. The third-order valence-corrected chi connectivity index (χ3v) is 6.73. The Morgan fingerprint density at radius 1 is 1.37 bits per heavy atom. The molecule has 144 valence electrons. The highest BCUT2D eigenvalue weighted by Crippen LogP contribution is 2.61. The van der Waals surface area contributed by atoms with Crippen molar-refractivity contribution >= 4 is 11.6 Å². The Balaban J connectivity index is 2.02. The minimum absolute atomic E-state index is 0.0253. The predicted molar refractivity (Wildman–Crippen MR) is 98.7 cm³/mol. The molecule has 2 bridgehead atoms. The van der Waals surface area contributed by atoms with Crippen molar-refractivity contribution in [3.05, 3.63) is 35.1 Å². The molecule has 1 fully saturated rings. The molecule has 2 aliphatic carbocycles. The molecule has 1 saturated heterocycles. The van der Waals surface area contributed by atoms with Gasteiger partial charge in [-0.1, -0.05) is 6.07 Å². The zero-order valence-corrected chi connectivity index (χ0v) is 15.9. The molecule has 4 rings (SSSR count). The van der Waals surface area contributed by atoms with Crippen molar-refractivity contribution in [2.45, 2.75) is 43.6 Å². The van der Waals surface area contributed by atoms with E-state index in [4.69, 9.17) is 4.74 Å².